The number of aromatic nitrogens is 1. The Morgan fingerprint density at radius 3 is 2.52 bits per heavy atom. The Hall–Kier alpha value is -2.82. The quantitative estimate of drug-likeness (QED) is 0.526. The van der Waals surface area contributed by atoms with Crippen LogP contribution in [0.1, 0.15) is 43.5 Å². The van der Waals surface area contributed by atoms with Crippen LogP contribution < -0.4 is 10.2 Å². The molecule has 0 unspecified atom stereocenters. The number of benzene rings is 1. The Kier molecular flexibility index (Phi) is 7.67. The van der Waals surface area contributed by atoms with Crippen molar-refractivity contribution in [1.82, 2.24) is 20.1 Å². The fourth-order valence-electron chi connectivity index (χ4n) is 6.33. The fraction of sp³-hybridized carbons (Fsp3) is 0.600. The van der Waals surface area contributed by atoms with Crippen LogP contribution in [0.25, 0.3) is 11.3 Å². The van der Waals surface area contributed by atoms with Crippen LogP contribution in [0.5, 0.6) is 0 Å². The number of rotatable bonds is 8. The van der Waals surface area contributed by atoms with Crippen LogP contribution in [0.4, 0.5) is 5.13 Å². The molecular formula is C30H39N5O4S. The van der Waals surface area contributed by atoms with Crippen molar-refractivity contribution in [3.05, 3.63) is 35.2 Å². The lowest BCUT2D eigenvalue weighted by atomic mass is 9.97. The number of likely N-dealkylation sites (tertiary alicyclic amines) is 1. The van der Waals surface area contributed by atoms with Crippen LogP contribution in [-0.4, -0.2) is 96.9 Å². The molecule has 1 saturated carbocycles. The summed E-state index contributed by atoms with van der Waals surface area (Å²) in [5.41, 5.74) is 2.35. The van der Waals surface area contributed by atoms with E-state index in [0.717, 1.165) is 55.4 Å². The third-order valence-corrected chi connectivity index (χ3v) is 9.66. The smallest absolute Gasteiger partial charge is 0.251 e. The maximum atomic E-state index is 13.8. The first kappa shape index (κ1) is 27.4. The monoisotopic (exact) mass is 565 g/mol. The van der Waals surface area contributed by atoms with E-state index in [2.05, 4.69) is 27.5 Å². The Labute approximate surface area is 239 Å². The number of fused-ring (bicyclic) bond motifs is 1. The van der Waals surface area contributed by atoms with Crippen molar-refractivity contribution >= 4 is 34.1 Å². The summed E-state index contributed by atoms with van der Waals surface area (Å²) in [5, 5.41) is 6.09. The molecule has 3 aliphatic heterocycles. The molecule has 2 aromatic rings. The van der Waals surface area contributed by atoms with E-state index in [4.69, 9.17) is 9.72 Å². The number of nitrogens with one attached hydrogen (secondary N) is 1. The largest absolute Gasteiger partial charge is 0.367 e. The maximum Gasteiger partial charge on any atom is 0.251 e. The molecule has 0 spiro atoms. The lowest BCUT2D eigenvalue weighted by Crippen LogP contribution is -2.52. The number of carbonyl (C=O) groups excluding carboxylic acids is 3. The third-order valence-electron chi connectivity index (χ3n) is 8.75. The Morgan fingerprint density at radius 2 is 1.85 bits per heavy atom. The summed E-state index contributed by atoms with van der Waals surface area (Å²) < 4.78 is 5.84. The minimum Gasteiger partial charge on any atom is -0.367 e. The first-order chi connectivity index (χ1) is 19.3. The molecule has 4 heterocycles. The third kappa shape index (κ3) is 5.53. The van der Waals surface area contributed by atoms with Gasteiger partial charge in [-0.25, -0.2) is 4.98 Å². The highest BCUT2D eigenvalue weighted by Crippen LogP contribution is 2.46. The first-order valence-corrected chi connectivity index (χ1v) is 15.4. The van der Waals surface area contributed by atoms with Crippen LogP contribution in [0.2, 0.25) is 0 Å². The molecule has 4 atom stereocenters. The highest BCUT2D eigenvalue weighted by molar-refractivity contribution is 7.14. The van der Waals surface area contributed by atoms with Crippen molar-refractivity contribution in [2.75, 3.05) is 51.3 Å². The zero-order chi connectivity index (χ0) is 28.0. The average molecular weight is 566 g/mol. The molecule has 1 N–H and O–H groups in total. The van der Waals surface area contributed by atoms with Gasteiger partial charge in [-0.3, -0.25) is 14.4 Å². The predicted octanol–water partition coefficient (Wildman–Crippen LogP) is 2.91. The highest BCUT2D eigenvalue weighted by atomic mass is 32.1. The van der Waals surface area contributed by atoms with Gasteiger partial charge < -0.3 is 24.8 Å². The Bertz CT molecular complexity index is 1250. The fourth-order valence-corrected chi connectivity index (χ4v) is 7.22. The molecule has 10 heteroatoms. The number of anilines is 1. The standard InChI is InChI=1S/C30H39N5O4S/c1-18(2)14-23(29(38)35-15-22(19-4-5-19)27-26(35)25(36)16-39-27)31-28(37)21-8-6-20(7-9-21)24-17-40-30(32-24)34-12-10-33(3)11-13-34/h6-9,17-19,22-23,26-27H,4-5,10-16H2,1-3H3,(H,31,37)/t22-,23-,26+,27+/m0/s1. The molecule has 2 amide bonds. The molecule has 0 bridgehead atoms. The van der Waals surface area contributed by atoms with Crippen LogP contribution in [0, 0.1) is 17.8 Å². The summed E-state index contributed by atoms with van der Waals surface area (Å²) in [6.07, 6.45) is 2.57. The summed E-state index contributed by atoms with van der Waals surface area (Å²) >= 11 is 1.65. The molecule has 6 rings (SSSR count). The number of amides is 2. The Morgan fingerprint density at radius 1 is 1.12 bits per heavy atom. The van der Waals surface area contributed by atoms with E-state index >= 15 is 0 Å². The van der Waals surface area contributed by atoms with Crippen molar-refractivity contribution < 1.29 is 19.1 Å². The number of Topliss-reactive ketones (excluding diaryl/α,β-unsaturated/α-hetero) is 1. The molecule has 214 valence electrons. The second kappa shape index (κ2) is 11.2. The number of ketones is 1. The average Bonchev–Trinajstić information content (AvgIpc) is 3.36. The van der Waals surface area contributed by atoms with Crippen molar-refractivity contribution in [3.63, 3.8) is 0 Å². The number of hydrogen-bond acceptors (Lipinski definition) is 8. The van der Waals surface area contributed by atoms with Gasteiger partial charge in [0.15, 0.2) is 10.9 Å². The molecule has 4 fully saturated rings. The maximum absolute atomic E-state index is 13.8. The number of piperazine rings is 1. The zero-order valence-electron chi connectivity index (χ0n) is 23.5. The van der Waals surface area contributed by atoms with Crippen molar-refractivity contribution in [3.8, 4) is 11.3 Å². The van der Waals surface area contributed by atoms with E-state index in [9.17, 15) is 14.4 Å². The van der Waals surface area contributed by atoms with Crippen LogP contribution in [-0.2, 0) is 14.3 Å². The van der Waals surface area contributed by atoms with E-state index in [1.165, 1.54) is 0 Å². The highest BCUT2D eigenvalue weighted by Gasteiger charge is 2.56. The van der Waals surface area contributed by atoms with E-state index in [1.807, 2.05) is 26.0 Å². The van der Waals surface area contributed by atoms with Crippen LogP contribution in [0.3, 0.4) is 0 Å². The zero-order valence-corrected chi connectivity index (χ0v) is 24.4. The SMILES string of the molecule is CC(C)C[C@H](NC(=O)c1ccc(-c2csc(N3CCN(C)CC3)n2)cc1)C(=O)N1C[C@@H](C2CC2)[C@H]2OCC(=O)[C@H]21. The van der Waals surface area contributed by atoms with Crippen LogP contribution >= 0.6 is 11.3 Å². The lowest BCUT2D eigenvalue weighted by molar-refractivity contribution is -0.138. The number of carbonyl (C=O) groups is 3. The second-order valence-electron chi connectivity index (χ2n) is 12.2. The van der Waals surface area contributed by atoms with Crippen molar-refractivity contribution in [2.24, 2.45) is 17.8 Å². The van der Waals surface area contributed by atoms with Gasteiger partial charge in [0.1, 0.15) is 18.7 Å². The summed E-state index contributed by atoms with van der Waals surface area (Å²) in [6.45, 7) is 8.69. The van der Waals surface area contributed by atoms with Gasteiger partial charge in [0.05, 0.1) is 11.8 Å². The van der Waals surface area contributed by atoms with Crippen molar-refractivity contribution in [1.29, 1.82) is 0 Å². The first-order valence-electron chi connectivity index (χ1n) is 14.5. The van der Waals surface area contributed by atoms with Gasteiger partial charge in [-0.15, -0.1) is 11.3 Å². The van der Waals surface area contributed by atoms with Crippen molar-refractivity contribution in [2.45, 2.75) is 51.3 Å². The number of thiazole rings is 1. The molecule has 9 nitrogen and oxygen atoms in total. The summed E-state index contributed by atoms with van der Waals surface area (Å²) in [6, 6.07) is 6.20. The van der Waals surface area contributed by atoms with Gasteiger partial charge in [-0.1, -0.05) is 26.0 Å². The number of likely N-dealkylation sites (N-methyl/N-ethyl adjacent to an activating group) is 1. The topological polar surface area (TPSA) is 95.1 Å². The minimum atomic E-state index is -0.691. The van der Waals surface area contributed by atoms with E-state index in [0.29, 0.717) is 24.4 Å². The minimum absolute atomic E-state index is 0.0236. The molecular weight excluding hydrogens is 526 g/mol. The molecule has 40 heavy (non-hydrogen) atoms. The Balaban J connectivity index is 1.13. The summed E-state index contributed by atoms with van der Waals surface area (Å²) in [7, 11) is 2.14. The van der Waals surface area contributed by atoms with Crippen LogP contribution in [0.15, 0.2) is 29.6 Å². The lowest BCUT2D eigenvalue weighted by Gasteiger charge is -2.32. The van der Waals surface area contributed by atoms with Gasteiger partial charge in [-0.2, -0.15) is 0 Å². The molecule has 1 aliphatic carbocycles. The van der Waals surface area contributed by atoms with Gasteiger partial charge >= 0.3 is 0 Å². The molecule has 3 saturated heterocycles. The number of hydrogen-bond donors (Lipinski definition) is 1. The second-order valence-corrected chi connectivity index (χ2v) is 13.1. The molecule has 1 aromatic heterocycles. The van der Waals surface area contributed by atoms with E-state index in [-0.39, 0.29) is 42.1 Å². The molecule has 0 radical (unpaired) electrons. The number of ether oxygens (including phenoxy) is 1. The molecule has 1 aromatic carbocycles. The molecule has 4 aliphatic rings. The van der Waals surface area contributed by atoms with E-state index < -0.39 is 12.1 Å². The van der Waals surface area contributed by atoms with Gasteiger partial charge in [0.2, 0.25) is 5.91 Å². The number of nitrogens with zero attached hydrogens (tertiary/aromatic N) is 4. The normalized spacial score (nSPS) is 25.9. The van der Waals surface area contributed by atoms with E-state index in [1.54, 1.807) is 28.4 Å². The summed E-state index contributed by atoms with van der Waals surface area (Å²) in [4.78, 5) is 51.0. The van der Waals surface area contributed by atoms with Gasteiger partial charge in [0.25, 0.3) is 5.91 Å². The van der Waals surface area contributed by atoms with Gasteiger partial charge in [0, 0.05) is 55.1 Å². The summed E-state index contributed by atoms with van der Waals surface area (Å²) in [5.74, 6) is 0.461. The van der Waals surface area contributed by atoms with Gasteiger partial charge in [-0.05, 0) is 50.3 Å². The predicted molar refractivity (Wildman–Crippen MR) is 154 cm³/mol.